The van der Waals surface area contributed by atoms with Crippen molar-refractivity contribution in [2.24, 2.45) is 5.92 Å². The van der Waals surface area contributed by atoms with Crippen LogP contribution < -0.4 is 0 Å². The van der Waals surface area contributed by atoms with E-state index < -0.39 is 35.5 Å². The monoisotopic (exact) mass is 612 g/mol. The summed E-state index contributed by atoms with van der Waals surface area (Å²) < 4.78 is 20.8. The number of esters is 1. The predicted molar refractivity (Wildman–Crippen MR) is 154 cm³/mol. The van der Waals surface area contributed by atoms with Gasteiger partial charge in [-0.2, -0.15) is 0 Å². The molecule has 0 aliphatic rings. The summed E-state index contributed by atoms with van der Waals surface area (Å²) in [5.41, 5.74) is 0. The third kappa shape index (κ3) is 35.5. The number of carbonyl (C=O) groups is 4. The number of Topliss-reactive ketones (excluding diaryl/α,β-unsaturated/α-hetero) is 1. The summed E-state index contributed by atoms with van der Waals surface area (Å²) in [4.78, 5) is 55.4. The third-order valence-electron chi connectivity index (χ3n) is 4.32. The minimum atomic E-state index is -1.26. The molecule has 0 heterocycles. The van der Waals surface area contributed by atoms with E-state index in [-0.39, 0.29) is 57.4 Å². The molecule has 0 aliphatic carbocycles. The van der Waals surface area contributed by atoms with Gasteiger partial charge in [-0.1, -0.05) is 6.92 Å². The molecule has 0 aromatic heterocycles. The number of thioether (sulfide) groups is 1. The fourth-order valence-corrected chi connectivity index (χ4v) is 3.73. The third-order valence-corrected chi connectivity index (χ3v) is 5.69. The minimum absolute atomic E-state index is 0.0226. The summed E-state index contributed by atoms with van der Waals surface area (Å²) in [7, 11) is 0. The van der Waals surface area contributed by atoms with E-state index in [1.165, 1.54) is 19.4 Å². The SMILES string of the molecule is CC=N.CC=N.CCCOCCOCCOOCCOCCOC(=O)CCC(CSC(CC(=O)O)C(=O)O)C(C)=O. The highest BCUT2D eigenvalue weighted by atomic mass is 32.2. The molecule has 0 aromatic rings. The number of hydrogen-bond donors (Lipinski definition) is 4. The molecule has 2 atom stereocenters. The van der Waals surface area contributed by atoms with Crippen LogP contribution in [0.3, 0.4) is 0 Å². The molecule has 15 heteroatoms. The van der Waals surface area contributed by atoms with Gasteiger partial charge in [0.2, 0.25) is 0 Å². The van der Waals surface area contributed by atoms with E-state index in [4.69, 9.17) is 49.8 Å². The molecule has 41 heavy (non-hydrogen) atoms. The summed E-state index contributed by atoms with van der Waals surface area (Å²) in [5.74, 6) is -3.67. The van der Waals surface area contributed by atoms with Crippen LogP contribution in [0.2, 0.25) is 0 Å². The van der Waals surface area contributed by atoms with Crippen molar-refractivity contribution in [3.05, 3.63) is 0 Å². The van der Waals surface area contributed by atoms with Crippen LogP contribution in [-0.2, 0) is 47.9 Å². The number of nitrogens with one attached hydrogen (secondary N) is 2. The van der Waals surface area contributed by atoms with E-state index in [0.717, 1.165) is 24.8 Å². The quantitative estimate of drug-likeness (QED) is 0.0384. The number of rotatable bonds is 25. The Morgan fingerprint density at radius 3 is 1.71 bits per heavy atom. The molecule has 2 unspecified atom stereocenters. The largest absolute Gasteiger partial charge is 0.481 e. The molecule has 0 aromatic carbocycles. The lowest BCUT2D eigenvalue weighted by molar-refractivity contribution is -0.303. The topological polar surface area (TPSA) is 212 Å². The van der Waals surface area contributed by atoms with Crippen LogP contribution in [0.25, 0.3) is 0 Å². The van der Waals surface area contributed by atoms with Gasteiger partial charge in [-0.05, 0) is 46.0 Å². The van der Waals surface area contributed by atoms with Crippen LogP contribution in [0.1, 0.15) is 53.4 Å². The van der Waals surface area contributed by atoms with E-state index in [1.54, 1.807) is 13.8 Å². The van der Waals surface area contributed by atoms with E-state index in [9.17, 15) is 19.2 Å². The fourth-order valence-electron chi connectivity index (χ4n) is 2.46. The van der Waals surface area contributed by atoms with Gasteiger partial charge in [0.1, 0.15) is 30.9 Å². The second-order valence-electron chi connectivity index (χ2n) is 7.88. The van der Waals surface area contributed by atoms with E-state index in [1.807, 2.05) is 6.92 Å². The lowest BCUT2D eigenvalue weighted by Gasteiger charge is -2.16. The summed E-state index contributed by atoms with van der Waals surface area (Å²) >= 11 is 0.878. The van der Waals surface area contributed by atoms with Crippen molar-refractivity contribution in [2.75, 3.05) is 65.2 Å². The first-order chi connectivity index (χ1) is 19.6. The van der Waals surface area contributed by atoms with E-state index in [2.05, 4.69) is 0 Å². The van der Waals surface area contributed by atoms with Gasteiger partial charge in [0.05, 0.1) is 39.5 Å². The van der Waals surface area contributed by atoms with Crippen LogP contribution in [0, 0.1) is 16.7 Å². The fraction of sp³-hybridized carbons (Fsp3) is 0.769. The number of carbonyl (C=O) groups excluding carboxylic acids is 2. The smallest absolute Gasteiger partial charge is 0.317 e. The highest BCUT2D eigenvalue weighted by molar-refractivity contribution is 8.00. The molecular formula is C26H48N2O12S. The van der Waals surface area contributed by atoms with Gasteiger partial charge in [-0.3, -0.25) is 19.2 Å². The Labute approximate surface area is 246 Å². The second-order valence-corrected chi connectivity index (χ2v) is 9.12. The number of hydrogen-bond acceptors (Lipinski definition) is 13. The van der Waals surface area contributed by atoms with Crippen molar-refractivity contribution in [1.82, 2.24) is 0 Å². The Morgan fingerprint density at radius 1 is 0.805 bits per heavy atom. The maximum atomic E-state index is 11.9. The maximum absolute atomic E-state index is 11.9. The number of ketones is 1. The first-order valence-electron chi connectivity index (χ1n) is 13.2. The summed E-state index contributed by atoms with van der Waals surface area (Å²) in [5, 5.41) is 28.9. The van der Waals surface area contributed by atoms with Crippen LogP contribution in [-0.4, -0.2) is 117 Å². The predicted octanol–water partition coefficient (Wildman–Crippen LogP) is 2.90. The normalized spacial score (nSPS) is 11.5. The maximum Gasteiger partial charge on any atom is 0.317 e. The van der Waals surface area contributed by atoms with Gasteiger partial charge < -0.3 is 40.0 Å². The van der Waals surface area contributed by atoms with Gasteiger partial charge in [-0.15, -0.1) is 11.8 Å². The minimum Gasteiger partial charge on any atom is -0.481 e. The van der Waals surface area contributed by atoms with Gasteiger partial charge in [0.15, 0.2) is 0 Å². The average Bonchev–Trinajstić information content (AvgIpc) is 2.90. The molecule has 0 saturated heterocycles. The lowest BCUT2D eigenvalue weighted by Crippen LogP contribution is -2.24. The van der Waals surface area contributed by atoms with Crippen molar-refractivity contribution in [1.29, 1.82) is 10.8 Å². The number of carboxylic acid groups (broad SMARTS) is 2. The molecule has 0 amide bonds. The van der Waals surface area contributed by atoms with Gasteiger partial charge >= 0.3 is 17.9 Å². The lowest BCUT2D eigenvalue weighted by atomic mass is 10.0. The summed E-state index contributed by atoms with van der Waals surface area (Å²) in [6.07, 6.45) is 3.08. The second kappa shape index (κ2) is 33.8. The molecule has 14 nitrogen and oxygen atoms in total. The zero-order valence-electron chi connectivity index (χ0n) is 24.6. The molecule has 0 spiro atoms. The average molecular weight is 613 g/mol. The van der Waals surface area contributed by atoms with Crippen molar-refractivity contribution in [2.45, 2.75) is 58.6 Å². The standard InChI is InChI=1S/C22H38O12S.2C2H5N/c1-3-6-29-7-8-30-10-13-33-34-14-11-31-9-12-32-21(26)5-4-18(17(2)23)16-35-19(22(27)28)15-20(24)25;2*1-2-3/h18-19H,3-16H2,1-2H3,(H,24,25)(H,27,28);2*2-3H,1H3. The van der Waals surface area contributed by atoms with Crippen LogP contribution in [0.4, 0.5) is 0 Å². The molecule has 0 aliphatic heterocycles. The zero-order chi connectivity index (χ0) is 31.7. The van der Waals surface area contributed by atoms with Gasteiger partial charge in [-0.25, -0.2) is 9.78 Å². The van der Waals surface area contributed by atoms with Crippen LogP contribution >= 0.6 is 11.8 Å². The Morgan fingerprint density at radius 2 is 1.27 bits per heavy atom. The van der Waals surface area contributed by atoms with Crippen molar-refractivity contribution >= 4 is 47.9 Å². The molecular weight excluding hydrogens is 564 g/mol. The first-order valence-corrected chi connectivity index (χ1v) is 14.3. The molecule has 0 radical (unpaired) electrons. The molecule has 0 bridgehead atoms. The van der Waals surface area contributed by atoms with E-state index in [0.29, 0.717) is 19.8 Å². The Kier molecular flexibility index (Phi) is 35.4. The molecule has 0 rings (SSSR count). The van der Waals surface area contributed by atoms with Crippen LogP contribution in [0.5, 0.6) is 0 Å². The molecule has 240 valence electrons. The van der Waals surface area contributed by atoms with Gasteiger partial charge in [0, 0.05) is 24.7 Å². The Balaban J connectivity index is -0.00000219. The van der Waals surface area contributed by atoms with Crippen molar-refractivity contribution < 1.29 is 58.1 Å². The first kappa shape index (κ1) is 43.0. The summed E-state index contributed by atoms with van der Waals surface area (Å²) in [6, 6.07) is 0. The molecule has 4 N–H and O–H groups in total. The molecule has 0 saturated carbocycles. The Bertz CT molecular complexity index is 691. The Hall–Kier alpha value is -2.43. The molecule has 0 fully saturated rings. The van der Waals surface area contributed by atoms with Gasteiger partial charge in [0.25, 0.3) is 0 Å². The van der Waals surface area contributed by atoms with Crippen molar-refractivity contribution in [3.63, 3.8) is 0 Å². The van der Waals surface area contributed by atoms with Crippen LogP contribution in [0.15, 0.2) is 0 Å². The number of ether oxygens (including phenoxy) is 4. The summed E-state index contributed by atoms with van der Waals surface area (Å²) in [6.45, 7) is 9.79. The zero-order valence-corrected chi connectivity index (χ0v) is 25.4. The highest BCUT2D eigenvalue weighted by Crippen LogP contribution is 2.22. The number of carboxylic acids is 2. The van der Waals surface area contributed by atoms with Crippen molar-refractivity contribution in [3.8, 4) is 0 Å². The number of aliphatic carboxylic acids is 2. The van der Waals surface area contributed by atoms with E-state index >= 15 is 0 Å². The highest BCUT2D eigenvalue weighted by Gasteiger charge is 2.25.